The van der Waals surface area contributed by atoms with Crippen molar-refractivity contribution in [3.05, 3.63) is 51.4 Å². The fourth-order valence-electron chi connectivity index (χ4n) is 1.56. The van der Waals surface area contributed by atoms with Crippen molar-refractivity contribution in [2.45, 2.75) is 6.92 Å². The minimum Gasteiger partial charge on any atom is -0.352 e. The molecule has 0 saturated heterocycles. The van der Waals surface area contributed by atoms with Crippen LogP contribution in [-0.2, 0) is 0 Å². The van der Waals surface area contributed by atoms with Crippen LogP contribution in [0.5, 0.6) is 0 Å². The van der Waals surface area contributed by atoms with Gasteiger partial charge >= 0.3 is 0 Å². The van der Waals surface area contributed by atoms with Gasteiger partial charge in [0.2, 0.25) is 5.95 Å². The van der Waals surface area contributed by atoms with Crippen LogP contribution in [0.2, 0.25) is 0 Å². The quantitative estimate of drug-likeness (QED) is 0.615. The van der Waals surface area contributed by atoms with Crippen LogP contribution in [0.1, 0.15) is 15.9 Å². The van der Waals surface area contributed by atoms with Crippen LogP contribution < -0.4 is 10.6 Å². The van der Waals surface area contributed by atoms with E-state index in [9.17, 15) is 4.79 Å². The lowest BCUT2D eigenvalue weighted by Gasteiger charge is -2.07. The number of anilines is 1. The van der Waals surface area contributed by atoms with Crippen LogP contribution in [0.3, 0.4) is 0 Å². The van der Waals surface area contributed by atoms with Crippen LogP contribution in [-0.4, -0.2) is 29.0 Å². The maximum Gasteiger partial charge on any atom is 0.251 e. The molecule has 0 aliphatic carbocycles. The first-order valence-electron chi connectivity index (χ1n) is 6.21. The van der Waals surface area contributed by atoms with Crippen LogP contribution in [0.15, 0.2) is 36.7 Å². The lowest BCUT2D eigenvalue weighted by Crippen LogP contribution is -2.29. The van der Waals surface area contributed by atoms with E-state index in [4.69, 9.17) is 0 Å². The Kier molecular flexibility index (Phi) is 5.28. The predicted molar refractivity (Wildman–Crippen MR) is 86.8 cm³/mol. The third kappa shape index (κ3) is 4.44. The fourth-order valence-corrected chi connectivity index (χ4v) is 1.84. The Labute approximate surface area is 131 Å². The molecule has 104 valence electrons. The zero-order valence-electron chi connectivity index (χ0n) is 11.1. The summed E-state index contributed by atoms with van der Waals surface area (Å²) in [6.07, 6.45) is 3.47. The standard InChI is InChI=1S/C14H15IN4O/c1-10-2-4-11(5-3-10)13(20)16-6-7-17-14-18-8-12(15)9-19-14/h2-5,8-9H,6-7H2,1H3,(H,16,20)(H,17,18,19). The Hall–Kier alpha value is -1.70. The molecule has 6 heteroatoms. The molecule has 0 atom stereocenters. The highest BCUT2D eigenvalue weighted by Crippen LogP contribution is 2.03. The maximum absolute atomic E-state index is 11.8. The summed E-state index contributed by atoms with van der Waals surface area (Å²) < 4.78 is 0.987. The van der Waals surface area contributed by atoms with Gasteiger partial charge in [-0.15, -0.1) is 0 Å². The molecule has 5 nitrogen and oxygen atoms in total. The van der Waals surface area contributed by atoms with Crippen molar-refractivity contribution < 1.29 is 4.79 Å². The van der Waals surface area contributed by atoms with Gasteiger partial charge in [0, 0.05) is 34.6 Å². The second-order valence-corrected chi connectivity index (χ2v) is 5.52. The molecule has 0 spiro atoms. The van der Waals surface area contributed by atoms with E-state index in [1.807, 2.05) is 31.2 Å². The Morgan fingerprint density at radius 3 is 2.45 bits per heavy atom. The average molecular weight is 382 g/mol. The number of hydrogen-bond acceptors (Lipinski definition) is 4. The second-order valence-electron chi connectivity index (χ2n) is 4.27. The summed E-state index contributed by atoms with van der Waals surface area (Å²) in [6, 6.07) is 7.49. The lowest BCUT2D eigenvalue weighted by atomic mass is 10.1. The predicted octanol–water partition coefficient (Wildman–Crippen LogP) is 2.23. The van der Waals surface area contributed by atoms with E-state index >= 15 is 0 Å². The molecule has 20 heavy (non-hydrogen) atoms. The first kappa shape index (κ1) is 14.7. The Morgan fingerprint density at radius 1 is 1.15 bits per heavy atom. The summed E-state index contributed by atoms with van der Waals surface area (Å²) in [7, 11) is 0. The van der Waals surface area contributed by atoms with E-state index in [1.165, 1.54) is 0 Å². The molecule has 1 heterocycles. The van der Waals surface area contributed by atoms with Gasteiger partial charge in [-0.05, 0) is 41.6 Å². The Morgan fingerprint density at radius 2 is 1.80 bits per heavy atom. The number of halogens is 1. The normalized spacial score (nSPS) is 10.1. The number of aryl methyl sites for hydroxylation is 1. The van der Waals surface area contributed by atoms with Crippen molar-refractivity contribution in [1.29, 1.82) is 0 Å². The number of nitrogens with zero attached hydrogens (tertiary/aromatic N) is 2. The van der Waals surface area contributed by atoms with Gasteiger partial charge in [-0.3, -0.25) is 4.79 Å². The summed E-state index contributed by atoms with van der Waals surface area (Å²) in [5.74, 6) is 0.491. The van der Waals surface area contributed by atoms with E-state index in [2.05, 4.69) is 43.2 Å². The van der Waals surface area contributed by atoms with Gasteiger partial charge in [0.25, 0.3) is 5.91 Å². The smallest absolute Gasteiger partial charge is 0.251 e. The molecule has 0 aliphatic rings. The van der Waals surface area contributed by atoms with Crippen LogP contribution in [0, 0.1) is 10.5 Å². The summed E-state index contributed by atoms with van der Waals surface area (Å²) in [5.41, 5.74) is 1.81. The number of amides is 1. The average Bonchev–Trinajstić information content (AvgIpc) is 2.46. The van der Waals surface area contributed by atoms with E-state index in [0.29, 0.717) is 24.6 Å². The largest absolute Gasteiger partial charge is 0.352 e. The molecule has 0 aliphatic heterocycles. The highest BCUT2D eigenvalue weighted by Gasteiger charge is 2.03. The van der Waals surface area contributed by atoms with Crippen molar-refractivity contribution >= 4 is 34.4 Å². The number of aromatic nitrogens is 2. The molecule has 2 N–H and O–H groups in total. The van der Waals surface area contributed by atoms with Gasteiger partial charge in [-0.25, -0.2) is 9.97 Å². The van der Waals surface area contributed by atoms with Crippen LogP contribution >= 0.6 is 22.6 Å². The van der Waals surface area contributed by atoms with Gasteiger partial charge < -0.3 is 10.6 Å². The van der Waals surface area contributed by atoms with E-state index in [-0.39, 0.29) is 5.91 Å². The molecule has 0 fully saturated rings. The minimum absolute atomic E-state index is 0.0738. The summed E-state index contributed by atoms with van der Waals surface area (Å²) >= 11 is 2.15. The van der Waals surface area contributed by atoms with Crippen molar-refractivity contribution in [1.82, 2.24) is 15.3 Å². The number of carbonyl (C=O) groups is 1. The first-order chi connectivity index (χ1) is 9.65. The molecule has 0 bridgehead atoms. The third-order valence-corrected chi connectivity index (χ3v) is 3.18. The van der Waals surface area contributed by atoms with Gasteiger partial charge in [0.1, 0.15) is 0 Å². The summed E-state index contributed by atoms with van der Waals surface area (Å²) in [4.78, 5) is 20.1. The van der Waals surface area contributed by atoms with E-state index < -0.39 is 0 Å². The van der Waals surface area contributed by atoms with Crippen molar-refractivity contribution in [2.24, 2.45) is 0 Å². The third-order valence-electron chi connectivity index (χ3n) is 2.63. The molecule has 2 aromatic rings. The van der Waals surface area contributed by atoms with Crippen LogP contribution in [0.25, 0.3) is 0 Å². The minimum atomic E-state index is -0.0738. The molecule has 1 aromatic carbocycles. The van der Waals surface area contributed by atoms with Crippen molar-refractivity contribution in [3.63, 3.8) is 0 Å². The fraction of sp³-hybridized carbons (Fsp3) is 0.214. The first-order valence-corrected chi connectivity index (χ1v) is 7.29. The van der Waals surface area contributed by atoms with Crippen LogP contribution in [0.4, 0.5) is 5.95 Å². The Bertz CT molecular complexity index is 569. The molecule has 1 amide bonds. The zero-order chi connectivity index (χ0) is 14.4. The molecule has 0 saturated carbocycles. The van der Waals surface area contributed by atoms with E-state index in [0.717, 1.165) is 9.13 Å². The lowest BCUT2D eigenvalue weighted by molar-refractivity contribution is 0.0955. The van der Waals surface area contributed by atoms with E-state index in [1.54, 1.807) is 12.4 Å². The van der Waals surface area contributed by atoms with Gasteiger partial charge in [-0.2, -0.15) is 0 Å². The number of carbonyl (C=O) groups excluding carboxylic acids is 1. The molecule has 0 radical (unpaired) electrons. The van der Waals surface area contributed by atoms with Crippen molar-refractivity contribution in [2.75, 3.05) is 18.4 Å². The molecule has 2 rings (SSSR count). The molecule has 1 aromatic heterocycles. The SMILES string of the molecule is Cc1ccc(C(=O)NCCNc2ncc(I)cn2)cc1. The molecule has 0 unspecified atom stereocenters. The summed E-state index contributed by atoms with van der Waals surface area (Å²) in [6.45, 7) is 3.09. The van der Waals surface area contributed by atoms with Gasteiger partial charge in [0.15, 0.2) is 0 Å². The molecular weight excluding hydrogens is 367 g/mol. The van der Waals surface area contributed by atoms with Crippen molar-refractivity contribution in [3.8, 4) is 0 Å². The summed E-state index contributed by atoms with van der Waals surface area (Å²) in [5, 5.41) is 5.89. The van der Waals surface area contributed by atoms with Gasteiger partial charge in [0.05, 0.1) is 0 Å². The Balaban J connectivity index is 1.74. The number of hydrogen-bond donors (Lipinski definition) is 2. The molecular formula is C14H15IN4O. The van der Waals surface area contributed by atoms with Gasteiger partial charge in [-0.1, -0.05) is 17.7 Å². The monoisotopic (exact) mass is 382 g/mol. The maximum atomic E-state index is 11.8. The number of benzene rings is 1. The second kappa shape index (κ2) is 7.18. The zero-order valence-corrected chi connectivity index (χ0v) is 13.2. The number of nitrogens with one attached hydrogen (secondary N) is 2. The highest BCUT2D eigenvalue weighted by molar-refractivity contribution is 14.1. The topological polar surface area (TPSA) is 66.9 Å². The number of rotatable bonds is 5. The highest BCUT2D eigenvalue weighted by atomic mass is 127.